The molecule has 1 fully saturated rings. The van der Waals surface area contributed by atoms with E-state index in [2.05, 4.69) is 34.3 Å². The van der Waals surface area contributed by atoms with Gasteiger partial charge < -0.3 is 16.0 Å². The first-order chi connectivity index (χ1) is 13.0. The van der Waals surface area contributed by atoms with E-state index in [1.165, 1.54) is 5.56 Å². The summed E-state index contributed by atoms with van der Waals surface area (Å²) in [6.07, 6.45) is 4.24. The molecule has 3 aromatic rings. The van der Waals surface area contributed by atoms with E-state index in [1.54, 1.807) is 6.20 Å². The van der Waals surface area contributed by atoms with E-state index in [-0.39, 0.29) is 18.3 Å². The topological polar surface area (TPSA) is 96.7 Å². The normalized spacial score (nSPS) is 14.6. The van der Waals surface area contributed by atoms with Crippen molar-refractivity contribution in [3.05, 3.63) is 60.0 Å². The standard InChI is InChI=1S/C21H23N5O.ClH/c1-14-6-8-15(9-7-14)18-19(16-5-2-3-12-23-16)26-17(25-18)13-24-20(27)21(22)10-4-11-21;/h2-3,5-9,12H,4,10-11,13,22H2,1H3,(H,24,27)(H,25,26);1H. The fourth-order valence-electron chi connectivity index (χ4n) is 3.25. The number of H-pyrrole nitrogens is 1. The second kappa shape index (κ2) is 8.12. The molecule has 2 heterocycles. The Kier molecular flexibility index (Phi) is 5.82. The van der Waals surface area contributed by atoms with Gasteiger partial charge in [0.1, 0.15) is 5.82 Å². The second-order valence-electron chi connectivity index (χ2n) is 7.18. The number of nitrogens with two attached hydrogens (primary N) is 1. The van der Waals surface area contributed by atoms with Crippen LogP contribution in [-0.2, 0) is 11.3 Å². The van der Waals surface area contributed by atoms with Crippen LogP contribution >= 0.6 is 12.4 Å². The first-order valence-corrected chi connectivity index (χ1v) is 9.20. The molecule has 146 valence electrons. The molecule has 2 aromatic heterocycles. The Balaban J connectivity index is 0.00000225. The van der Waals surface area contributed by atoms with Crippen LogP contribution in [-0.4, -0.2) is 26.4 Å². The number of nitrogens with zero attached hydrogens (tertiary/aromatic N) is 2. The minimum absolute atomic E-state index is 0. The minimum Gasteiger partial charge on any atom is -0.347 e. The molecule has 1 saturated carbocycles. The highest BCUT2D eigenvalue weighted by Gasteiger charge is 2.39. The van der Waals surface area contributed by atoms with Crippen molar-refractivity contribution in [2.75, 3.05) is 0 Å². The number of benzene rings is 1. The van der Waals surface area contributed by atoms with Gasteiger partial charge in [-0.3, -0.25) is 9.78 Å². The number of carbonyl (C=O) groups excluding carboxylic acids is 1. The van der Waals surface area contributed by atoms with Gasteiger partial charge in [0.15, 0.2) is 0 Å². The van der Waals surface area contributed by atoms with Crippen LogP contribution in [0, 0.1) is 6.92 Å². The summed E-state index contributed by atoms with van der Waals surface area (Å²) in [5.74, 6) is 0.573. The number of hydrogen-bond acceptors (Lipinski definition) is 4. The zero-order chi connectivity index (χ0) is 18.9. The summed E-state index contributed by atoms with van der Waals surface area (Å²) in [5.41, 5.74) is 10.0. The Labute approximate surface area is 170 Å². The van der Waals surface area contributed by atoms with Crippen molar-refractivity contribution in [1.29, 1.82) is 0 Å². The van der Waals surface area contributed by atoms with Gasteiger partial charge in [-0.05, 0) is 38.3 Å². The molecular formula is C21H24ClN5O. The average Bonchev–Trinajstić information content (AvgIpc) is 3.10. The highest BCUT2D eigenvalue weighted by atomic mass is 35.5. The van der Waals surface area contributed by atoms with Crippen molar-refractivity contribution in [2.24, 2.45) is 5.73 Å². The largest absolute Gasteiger partial charge is 0.347 e. The summed E-state index contributed by atoms with van der Waals surface area (Å²) < 4.78 is 0. The summed E-state index contributed by atoms with van der Waals surface area (Å²) >= 11 is 0. The number of pyridine rings is 1. The van der Waals surface area contributed by atoms with E-state index >= 15 is 0 Å². The van der Waals surface area contributed by atoms with Crippen LogP contribution in [0.4, 0.5) is 0 Å². The molecule has 0 atom stereocenters. The average molecular weight is 398 g/mol. The summed E-state index contributed by atoms with van der Waals surface area (Å²) in [4.78, 5) is 24.8. The van der Waals surface area contributed by atoms with Gasteiger partial charge >= 0.3 is 0 Å². The fourth-order valence-corrected chi connectivity index (χ4v) is 3.25. The first-order valence-electron chi connectivity index (χ1n) is 9.20. The number of aromatic nitrogens is 3. The molecule has 6 nitrogen and oxygen atoms in total. The summed E-state index contributed by atoms with van der Waals surface area (Å²) in [6, 6.07) is 14.0. The molecule has 0 saturated heterocycles. The molecule has 0 spiro atoms. The van der Waals surface area contributed by atoms with Crippen LogP contribution in [0.5, 0.6) is 0 Å². The Morgan fingerprint density at radius 1 is 1.21 bits per heavy atom. The molecule has 1 amide bonds. The predicted molar refractivity (Wildman–Crippen MR) is 112 cm³/mol. The van der Waals surface area contributed by atoms with Gasteiger partial charge in [-0.25, -0.2) is 4.98 Å². The number of hydrogen-bond donors (Lipinski definition) is 3. The number of amides is 1. The third kappa shape index (κ3) is 3.93. The predicted octanol–water partition coefficient (Wildman–Crippen LogP) is 3.37. The Bertz CT molecular complexity index is 949. The number of aryl methyl sites for hydroxylation is 1. The van der Waals surface area contributed by atoms with Crippen molar-refractivity contribution in [3.8, 4) is 22.6 Å². The zero-order valence-electron chi connectivity index (χ0n) is 15.7. The lowest BCUT2D eigenvalue weighted by Gasteiger charge is -2.36. The van der Waals surface area contributed by atoms with Crippen LogP contribution in [0.15, 0.2) is 48.7 Å². The van der Waals surface area contributed by atoms with E-state index in [0.717, 1.165) is 41.9 Å². The van der Waals surface area contributed by atoms with Gasteiger partial charge in [-0.2, -0.15) is 0 Å². The third-order valence-corrected chi connectivity index (χ3v) is 5.11. The van der Waals surface area contributed by atoms with Gasteiger partial charge in [0.05, 0.1) is 29.2 Å². The van der Waals surface area contributed by atoms with E-state index in [1.807, 2.05) is 30.3 Å². The number of halogens is 1. The monoisotopic (exact) mass is 397 g/mol. The molecule has 28 heavy (non-hydrogen) atoms. The first kappa shape index (κ1) is 20.0. The third-order valence-electron chi connectivity index (χ3n) is 5.11. The van der Waals surface area contributed by atoms with Crippen molar-refractivity contribution >= 4 is 18.3 Å². The summed E-state index contributed by atoms with van der Waals surface area (Å²) in [6.45, 7) is 2.36. The zero-order valence-corrected chi connectivity index (χ0v) is 16.6. The fraction of sp³-hybridized carbons (Fsp3) is 0.286. The maximum Gasteiger partial charge on any atom is 0.240 e. The number of aromatic amines is 1. The number of rotatable bonds is 5. The Morgan fingerprint density at radius 2 is 1.96 bits per heavy atom. The lowest BCUT2D eigenvalue weighted by Crippen LogP contribution is -2.58. The molecule has 0 aliphatic heterocycles. The molecular weight excluding hydrogens is 374 g/mol. The van der Waals surface area contributed by atoms with E-state index in [9.17, 15) is 4.79 Å². The second-order valence-corrected chi connectivity index (χ2v) is 7.18. The lowest BCUT2D eigenvalue weighted by atomic mass is 9.77. The van der Waals surface area contributed by atoms with Crippen LogP contribution in [0.1, 0.15) is 30.7 Å². The van der Waals surface area contributed by atoms with Gasteiger partial charge in [-0.15, -0.1) is 12.4 Å². The molecule has 4 rings (SSSR count). The number of carbonyl (C=O) groups is 1. The quantitative estimate of drug-likeness (QED) is 0.614. The number of imidazole rings is 1. The molecule has 0 bridgehead atoms. The number of nitrogens with one attached hydrogen (secondary N) is 2. The maximum atomic E-state index is 12.3. The van der Waals surface area contributed by atoms with E-state index < -0.39 is 5.54 Å². The Morgan fingerprint density at radius 3 is 2.57 bits per heavy atom. The molecule has 4 N–H and O–H groups in total. The van der Waals surface area contributed by atoms with Crippen LogP contribution < -0.4 is 11.1 Å². The van der Waals surface area contributed by atoms with Crippen molar-refractivity contribution in [2.45, 2.75) is 38.3 Å². The molecule has 0 radical (unpaired) electrons. The van der Waals surface area contributed by atoms with Crippen molar-refractivity contribution in [3.63, 3.8) is 0 Å². The Hall–Kier alpha value is -2.70. The molecule has 1 aliphatic carbocycles. The highest BCUT2D eigenvalue weighted by molar-refractivity contribution is 5.87. The van der Waals surface area contributed by atoms with Crippen molar-refractivity contribution in [1.82, 2.24) is 20.3 Å². The lowest BCUT2D eigenvalue weighted by molar-refractivity contribution is -0.129. The van der Waals surface area contributed by atoms with E-state index in [4.69, 9.17) is 10.7 Å². The van der Waals surface area contributed by atoms with Crippen LogP contribution in [0.25, 0.3) is 22.6 Å². The molecule has 1 aliphatic rings. The molecule has 0 unspecified atom stereocenters. The molecule has 7 heteroatoms. The van der Waals surface area contributed by atoms with Gasteiger partial charge in [0.2, 0.25) is 5.91 Å². The smallest absolute Gasteiger partial charge is 0.240 e. The van der Waals surface area contributed by atoms with E-state index in [0.29, 0.717) is 12.4 Å². The van der Waals surface area contributed by atoms with Gasteiger partial charge in [0.25, 0.3) is 0 Å². The van der Waals surface area contributed by atoms with Gasteiger partial charge in [0, 0.05) is 11.8 Å². The maximum absolute atomic E-state index is 12.3. The summed E-state index contributed by atoms with van der Waals surface area (Å²) in [5, 5.41) is 2.92. The van der Waals surface area contributed by atoms with Crippen LogP contribution in [0.2, 0.25) is 0 Å². The minimum atomic E-state index is -0.712. The van der Waals surface area contributed by atoms with Crippen molar-refractivity contribution < 1.29 is 4.79 Å². The highest BCUT2D eigenvalue weighted by Crippen LogP contribution is 2.30. The SMILES string of the molecule is Cc1ccc(-c2nc(CNC(=O)C3(N)CCC3)[nH]c2-c2ccccn2)cc1.Cl. The van der Waals surface area contributed by atoms with Crippen LogP contribution in [0.3, 0.4) is 0 Å². The molecule has 1 aromatic carbocycles. The summed E-state index contributed by atoms with van der Waals surface area (Å²) in [7, 11) is 0. The van der Waals surface area contributed by atoms with Gasteiger partial charge in [-0.1, -0.05) is 35.9 Å².